The fraction of sp³-hybridized carbons (Fsp3) is 0.312. The van der Waals surface area contributed by atoms with Crippen molar-refractivity contribution < 1.29 is 18.3 Å². The molecule has 2 rings (SSSR count). The molecule has 1 aromatic carbocycles. The van der Waals surface area contributed by atoms with Gasteiger partial charge in [0.15, 0.2) is 0 Å². The molecule has 0 aliphatic carbocycles. The third-order valence-electron chi connectivity index (χ3n) is 3.36. The maximum atomic E-state index is 12.7. The molecule has 3 nitrogen and oxygen atoms in total. The van der Waals surface area contributed by atoms with Crippen molar-refractivity contribution >= 4 is 5.71 Å². The number of hydrogen-bond acceptors (Lipinski definition) is 3. The zero-order valence-corrected chi connectivity index (χ0v) is 12.4. The van der Waals surface area contributed by atoms with E-state index >= 15 is 0 Å². The maximum absolute atomic E-state index is 12.7. The van der Waals surface area contributed by atoms with Gasteiger partial charge in [-0.2, -0.15) is 13.2 Å². The van der Waals surface area contributed by atoms with Crippen LogP contribution in [-0.2, 0) is 6.18 Å². The summed E-state index contributed by atoms with van der Waals surface area (Å²) in [6, 6.07) is 1.73. The number of aliphatic imine (C=N–C) groups is 1. The predicted octanol–water partition coefficient (Wildman–Crippen LogP) is 4.22. The van der Waals surface area contributed by atoms with Crippen LogP contribution < -0.4 is 0 Å². The average molecular weight is 310 g/mol. The van der Waals surface area contributed by atoms with Crippen LogP contribution >= 0.6 is 0 Å². The van der Waals surface area contributed by atoms with Crippen molar-refractivity contribution in [3.63, 3.8) is 0 Å². The van der Waals surface area contributed by atoms with E-state index in [2.05, 4.69) is 11.6 Å². The molecule has 1 aliphatic rings. The zero-order chi connectivity index (χ0) is 16.5. The van der Waals surface area contributed by atoms with Gasteiger partial charge in [-0.05, 0) is 37.1 Å². The number of phenolic OH excluding ortho intramolecular Hbond substituents is 1. The first kappa shape index (κ1) is 16.1. The lowest BCUT2D eigenvalue weighted by molar-refractivity contribution is -0.137. The minimum atomic E-state index is -4.49. The lowest BCUT2D eigenvalue weighted by Crippen LogP contribution is -2.21. The molecule has 1 heterocycles. The first-order chi connectivity index (χ1) is 10.2. The lowest BCUT2D eigenvalue weighted by atomic mass is 9.98. The van der Waals surface area contributed by atoms with E-state index < -0.39 is 17.5 Å². The van der Waals surface area contributed by atoms with Crippen molar-refractivity contribution in [2.75, 3.05) is 6.54 Å². The van der Waals surface area contributed by atoms with E-state index in [4.69, 9.17) is 0 Å². The Kier molecular flexibility index (Phi) is 4.30. The number of nitrogens with zero attached hydrogens (tertiary/aromatic N) is 2. The summed E-state index contributed by atoms with van der Waals surface area (Å²) in [5, 5.41) is 9.99. The number of benzene rings is 1. The SMILES string of the molecule is C=C1N=C(c2c(C)cc(C(F)(F)F)cc2O)C=CN1CCC. The molecule has 0 saturated heterocycles. The normalized spacial score (nSPS) is 15.2. The van der Waals surface area contributed by atoms with Crippen LogP contribution in [0.4, 0.5) is 13.2 Å². The Hall–Kier alpha value is -2.24. The monoisotopic (exact) mass is 310 g/mol. The summed E-state index contributed by atoms with van der Waals surface area (Å²) >= 11 is 0. The van der Waals surface area contributed by atoms with Crippen molar-refractivity contribution in [3.05, 3.63) is 53.5 Å². The summed E-state index contributed by atoms with van der Waals surface area (Å²) < 4.78 is 38.2. The third kappa shape index (κ3) is 3.16. The summed E-state index contributed by atoms with van der Waals surface area (Å²) in [5.74, 6) is 0.0607. The number of allylic oxidation sites excluding steroid dienone is 1. The first-order valence-corrected chi connectivity index (χ1v) is 6.87. The Balaban J connectivity index is 2.41. The molecule has 0 atom stereocenters. The Bertz CT molecular complexity index is 637. The minimum absolute atomic E-state index is 0.293. The standard InChI is InChI=1S/C16H17F3N2O/c1-4-6-21-7-5-13(20-11(21)3)15-10(2)8-12(9-14(15)22)16(17,18)19/h5,7-9,22H,3-4,6H2,1-2H3. The fourth-order valence-electron chi connectivity index (χ4n) is 2.34. The number of alkyl halides is 3. The summed E-state index contributed by atoms with van der Waals surface area (Å²) in [6.07, 6.45) is -0.143. The van der Waals surface area contributed by atoms with Crippen LogP contribution in [0.25, 0.3) is 0 Å². The highest BCUT2D eigenvalue weighted by molar-refractivity contribution is 6.12. The van der Waals surface area contributed by atoms with Gasteiger partial charge in [0.05, 0.1) is 11.3 Å². The molecule has 118 valence electrons. The molecule has 0 fully saturated rings. The molecule has 0 unspecified atom stereocenters. The molecule has 0 saturated carbocycles. The van der Waals surface area contributed by atoms with Gasteiger partial charge in [0.1, 0.15) is 11.6 Å². The van der Waals surface area contributed by atoms with E-state index in [1.807, 2.05) is 11.8 Å². The zero-order valence-electron chi connectivity index (χ0n) is 12.4. The molecule has 22 heavy (non-hydrogen) atoms. The number of halogens is 3. The molecule has 0 amide bonds. The van der Waals surface area contributed by atoms with Gasteiger partial charge >= 0.3 is 6.18 Å². The molecular formula is C16H17F3N2O. The second-order valence-corrected chi connectivity index (χ2v) is 5.11. The van der Waals surface area contributed by atoms with Gasteiger partial charge in [-0.15, -0.1) is 0 Å². The number of hydrogen-bond donors (Lipinski definition) is 1. The average Bonchev–Trinajstić information content (AvgIpc) is 2.40. The molecule has 1 aliphatic heterocycles. The molecule has 0 spiro atoms. The van der Waals surface area contributed by atoms with Crippen molar-refractivity contribution in [3.8, 4) is 5.75 Å². The topological polar surface area (TPSA) is 35.8 Å². The van der Waals surface area contributed by atoms with Crippen LogP contribution in [0.15, 0.2) is 41.8 Å². The van der Waals surface area contributed by atoms with E-state index in [9.17, 15) is 18.3 Å². The quantitative estimate of drug-likeness (QED) is 0.907. The molecule has 0 aromatic heterocycles. The Morgan fingerprint density at radius 1 is 1.32 bits per heavy atom. The van der Waals surface area contributed by atoms with Gasteiger partial charge in [-0.1, -0.05) is 13.5 Å². The number of aromatic hydroxyl groups is 1. The van der Waals surface area contributed by atoms with Gasteiger partial charge in [0, 0.05) is 18.3 Å². The summed E-state index contributed by atoms with van der Waals surface area (Å²) in [5.41, 5.74) is 0.133. The maximum Gasteiger partial charge on any atom is 0.416 e. The third-order valence-corrected chi connectivity index (χ3v) is 3.36. The van der Waals surface area contributed by atoms with Crippen LogP contribution in [-0.4, -0.2) is 22.3 Å². The molecule has 0 bridgehead atoms. The lowest BCUT2D eigenvalue weighted by Gasteiger charge is -2.24. The number of rotatable bonds is 3. The van der Waals surface area contributed by atoms with Crippen LogP contribution in [0.5, 0.6) is 5.75 Å². The van der Waals surface area contributed by atoms with Crippen LogP contribution in [0.3, 0.4) is 0 Å². The van der Waals surface area contributed by atoms with Crippen molar-refractivity contribution in [1.29, 1.82) is 0 Å². The van der Waals surface area contributed by atoms with Gasteiger partial charge < -0.3 is 10.0 Å². The fourth-order valence-corrected chi connectivity index (χ4v) is 2.34. The Morgan fingerprint density at radius 3 is 2.50 bits per heavy atom. The summed E-state index contributed by atoms with van der Waals surface area (Å²) in [7, 11) is 0. The van der Waals surface area contributed by atoms with E-state index in [0.717, 1.165) is 25.1 Å². The largest absolute Gasteiger partial charge is 0.507 e. The molecule has 1 N–H and O–H groups in total. The Labute approximate surface area is 127 Å². The molecule has 1 aromatic rings. The molecule has 6 heteroatoms. The van der Waals surface area contributed by atoms with Gasteiger partial charge in [-0.25, -0.2) is 4.99 Å². The van der Waals surface area contributed by atoms with Gasteiger partial charge in [0.25, 0.3) is 0 Å². The Morgan fingerprint density at radius 2 is 2.00 bits per heavy atom. The smallest absolute Gasteiger partial charge is 0.416 e. The highest BCUT2D eigenvalue weighted by Crippen LogP contribution is 2.35. The number of phenols is 1. The highest BCUT2D eigenvalue weighted by atomic mass is 19.4. The summed E-state index contributed by atoms with van der Waals surface area (Å²) in [4.78, 5) is 6.13. The van der Waals surface area contributed by atoms with Crippen LogP contribution in [0.1, 0.15) is 30.0 Å². The van der Waals surface area contributed by atoms with Crippen molar-refractivity contribution in [1.82, 2.24) is 4.90 Å². The highest BCUT2D eigenvalue weighted by Gasteiger charge is 2.32. The van der Waals surface area contributed by atoms with E-state index in [1.54, 1.807) is 12.3 Å². The summed E-state index contributed by atoms with van der Waals surface area (Å²) in [6.45, 7) is 8.12. The van der Waals surface area contributed by atoms with E-state index in [-0.39, 0.29) is 0 Å². The van der Waals surface area contributed by atoms with Crippen molar-refractivity contribution in [2.45, 2.75) is 26.4 Å². The van der Waals surface area contributed by atoms with E-state index in [1.165, 1.54) is 6.92 Å². The van der Waals surface area contributed by atoms with Gasteiger partial charge in [0.2, 0.25) is 0 Å². The molecular weight excluding hydrogens is 293 g/mol. The first-order valence-electron chi connectivity index (χ1n) is 6.87. The van der Waals surface area contributed by atoms with Crippen molar-refractivity contribution in [2.24, 2.45) is 4.99 Å². The minimum Gasteiger partial charge on any atom is -0.507 e. The second-order valence-electron chi connectivity index (χ2n) is 5.11. The molecule has 0 radical (unpaired) electrons. The second kappa shape index (κ2) is 5.87. The number of aryl methyl sites for hydroxylation is 1. The van der Waals surface area contributed by atoms with Crippen LogP contribution in [0, 0.1) is 6.92 Å². The van der Waals surface area contributed by atoms with E-state index in [0.29, 0.717) is 22.7 Å². The predicted molar refractivity (Wildman–Crippen MR) is 79.7 cm³/mol. The van der Waals surface area contributed by atoms with Gasteiger partial charge in [-0.3, -0.25) is 0 Å². The van der Waals surface area contributed by atoms with Crippen LogP contribution in [0.2, 0.25) is 0 Å².